The number of unbranched alkanes of at least 4 members (excludes halogenated alkanes) is 1. The van der Waals surface area contributed by atoms with Crippen molar-refractivity contribution in [2.75, 3.05) is 23.8 Å². The Morgan fingerprint density at radius 2 is 1.65 bits per heavy atom. The molecule has 0 aliphatic heterocycles. The molecule has 0 aromatic heterocycles. The van der Waals surface area contributed by atoms with Crippen LogP contribution in [0.1, 0.15) is 25.3 Å². The minimum absolute atomic E-state index is 0.000434. The third-order valence-electron chi connectivity index (χ3n) is 3.42. The van der Waals surface area contributed by atoms with Crippen molar-refractivity contribution < 1.29 is 9.53 Å². The van der Waals surface area contributed by atoms with Gasteiger partial charge in [0.15, 0.2) is 6.61 Å². The summed E-state index contributed by atoms with van der Waals surface area (Å²) in [5.41, 5.74) is 2.99. The van der Waals surface area contributed by atoms with Gasteiger partial charge in [-0.1, -0.05) is 31.0 Å². The molecule has 1 amide bonds. The van der Waals surface area contributed by atoms with E-state index in [2.05, 4.69) is 17.6 Å². The summed E-state index contributed by atoms with van der Waals surface area (Å²) >= 11 is 0. The van der Waals surface area contributed by atoms with Gasteiger partial charge in [-0.2, -0.15) is 0 Å². The van der Waals surface area contributed by atoms with Gasteiger partial charge in [0.2, 0.25) is 0 Å². The first-order chi connectivity index (χ1) is 11.2. The molecule has 0 fully saturated rings. The Morgan fingerprint density at radius 3 is 2.30 bits per heavy atom. The number of amides is 1. The first-order valence-electron chi connectivity index (χ1n) is 8.00. The molecule has 2 N–H and O–H groups in total. The lowest BCUT2D eigenvalue weighted by Gasteiger charge is -2.09. The third-order valence-corrected chi connectivity index (χ3v) is 3.42. The fraction of sp³-hybridized carbons (Fsp3) is 0.316. The topological polar surface area (TPSA) is 50.4 Å². The van der Waals surface area contributed by atoms with Crippen LogP contribution in [0.3, 0.4) is 0 Å². The Hall–Kier alpha value is -2.49. The minimum Gasteiger partial charge on any atom is -0.484 e. The van der Waals surface area contributed by atoms with Gasteiger partial charge in [0, 0.05) is 17.9 Å². The Bertz CT molecular complexity index is 606. The number of ether oxygens (including phenoxy) is 1. The van der Waals surface area contributed by atoms with Gasteiger partial charge < -0.3 is 15.4 Å². The number of aryl methyl sites for hydroxylation is 1. The summed E-state index contributed by atoms with van der Waals surface area (Å²) in [7, 11) is 0. The maximum Gasteiger partial charge on any atom is 0.262 e. The highest BCUT2D eigenvalue weighted by Gasteiger charge is 2.04. The summed E-state index contributed by atoms with van der Waals surface area (Å²) in [6, 6.07) is 15.3. The second kappa shape index (κ2) is 8.83. The SMILES string of the molecule is CCCCNc1ccc(NC(=O)COc2ccc(C)cc2)cc1. The van der Waals surface area contributed by atoms with Gasteiger partial charge in [0.25, 0.3) is 5.91 Å². The van der Waals surface area contributed by atoms with Crippen LogP contribution in [0.5, 0.6) is 5.75 Å². The molecule has 4 nitrogen and oxygen atoms in total. The molecule has 0 spiro atoms. The van der Waals surface area contributed by atoms with Crippen LogP contribution in [0.2, 0.25) is 0 Å². The number of hydrogen-bond donors (Lipinski definition) is 2. The van der Waals surface area contributed by atoms with E-state index in [0.29, 0.717) is 5.75 Å². The third kappa shape index (κ3) is 6.02. The van der Waals surface area contributed by atoms with E-state index in [-0.39, 0.29) is 12.5 Å². The first kappa shape index (κ1) is 16.9. The van der Waals surface area contributed by atoms with Crippen LogP contribution in [0.4, 0.5) is 11.4 Å². The summed E-state index contributed by atoms with van der Waals surface area (Å²) in [5, 5.41) is 6.17. The zero-order valence-electron chi connectivity index (χ0n) is 13.8. The van der Waals surface area contributed by atoms with Crippen LogP contribution in [-0.2, 0) is 4.79 Å². The number of anilines is 2. The van der Waals surface area contributed by atoms with Crippen LogP contribution in [0, 0.1) is 6.92 Å². The Labute approximate surface area is 137 Å². The Balaban J connectivity index is 1.77. The molecule has 2 aromatic rings. The summed E-state index contributed by atoms with van der Waals surface area (Å²) in [6.07, 6.45) is 2.32. The molecule has 2 rings (SSSR count). The highest BCUT2D eigenvalue weighted by atomic mass is 16.5. The zero-order chi connectivity index (χ0) is 16.5. The van der Waals surface area contributed by atoms with Gasteiger partial charge in [-0.05, 0) is 49.7 Å². The maximum atomic E-state index is 11.9. The lowest BCUT2D eigenvalue weighted by molar-refractivity contribution is -0.118. The van der Waals surface area contributed by atoms with E-state index in [1.807, 2.05) is 55.5 Å². The smallest absolute Gasteiger partial charge is 0.262 e. The number of carbonyl (C=O) groups is 1. The average Bonchev–Trinajstić information content (AvgIpc) is 2.56. The van der Waals surface area contributed by atoms with Gasteiger partial charge in [0.05, 0.1) is 0 Å². The number of benzene rings is 2. The van der Waals surface area contributed by atoms with Gasteiger partial charge in [0.1, 0.15) is 5.75 Å². The lowest BCUT2D eigenvalue weighted by Crippen LogP contribution is -2.20. The molecule has 0 radical (unpaired) electrons. The molecule has 4 heteroatoms. The quantitative estimate of drug-likeness (QED) is 0.717. The molecule has 0 atom stereocenters. The predicted molar refractivity (Wildman–Crippen MR) is 95.1 cm³/mol. The molecule has 0 unspecified atom stereocenters. The summed E-state index contributed by atoms with van der Waals surface area (Å²) in [6.45, 7) is 5.14. The van der Waals surface area contributed by atoms with E-state index in [4.69, 9.17) is 4.74 Å². The van der Waals surface area contributed by atoms with Crippen LogP contribution in [0.15, 0.2) is 48.5 Å². The molecule has 23 heavy (non-hydrogen) atoms. The highest BCUT2D eigenvalue weighted by Crippen LogP contribution is 2.14. The van der Waals surface area contributed by atoms with Crippen molar-refractivity contribution in [2.24, 2.45) is 0 Å². The molecule has 0 heterocycles. The van der Waals surface area contributed by atoms with Crippen LogP contribution < -0.4 is 15.4 Å². The van der Waals surface area contributed by atoms with Crippen LogP contribution in [-0.4, -0.2) is 19.1 Å². The summed E-state index contributed by atoms with van der Waals surface area (Å²) in [4.78, 5) is 11.9. The molecular formula is C19H24N2O2. The molecule has 122 valence electrons. The second-order valence-corrected chi connectivity index (χ2v) is 5.51. The standard InChI is InChI=1S/C19H24N2O2/c1-3-4-13-20-16-7-9-17(10-8-16)21-19(22)14-23-18-11-5-15(2)6-12-18/h5-12,20H,3-4,13-14H2,1-2H3,(H,21,22). The lowest BCUT2D eigenvalue weighted by atomic mass is 10.2. The molecule has 0 saturated carbocycles. The van der Waals surface area contributed by atoms with Crippen molar-refractivity contribution >= 4 is 17.3 Å². The van der Waals surface area contributed by atoms with Crippen molar-refractivity contribution in [3.05, 3.63) is 54.1 Å². The van der Waals surface area contributed by atoms with Crippen LogP contribution >= 0.6 is 0 Å². The monoisotopic (exact) mass is 312 g/mol. The molecule has 0 saturated heterocycles. The Kier molecular flexibility index (Phi) is 6.48. The molecular weight excluding hydrogens is 288 g/mol. The normalized spacial score (nSPS) is 10.2. The predicted octanol–water partition coefficient (Wildman–Crippen LogP) is 4.22. The largest absolute Gasteiger partial charge is 0.484 e. The van der Waals surface area contributed by atoms with Crippen molar-refractivity contribution in [2.45, 2.75) is 26.7 Å². The van der Waals surface area contributed by atoms with Crippen LogP contribution in [0.25, 0.3) is 0 Å². The number of rotatable bonds is 8. The van der Waals surface area contributed by atoms with E-state index in [9.17, 15) is 4.79 Å². The van der Waals surface area contributed by atoms with Gasteiger partial charge in [-0.25, -0.2) is 0 Å². The molecule has 2 aromatic carbocycles. The van der Waals surface area contributed by atoms with Crippen molar-refractivity contribution in [1.29, 1.82) is 0 Å². The first-order valence-corrected chi connectivity index (χ1v) is 8.00. The van der Waals surface area contributed by atoms with E-state index >= 15 is 0 Å². The fourth-order valence-electron chi connectivity index (χ4n) is 2.06. The van der Waals surface area contributed by atoms with E-state index < -0.39 is 0 Å². The zero-order valence-corrected chi connectivity index (χ0v) is 13.8. The van der Waals surface area contributed by atoms with E-state index in [1.165, 1.54) is 6.42 Å². The number of nitrogens with one attached hydrogen (secondary N) is 2. The highest BCUT2D eigenvalue weighted by molar-refractivity contribution is 5.92. The molecule has 0 bridgehead atoms. The fourth-order valence-corrected chi connectivity index (χ4v) is 2.06. The van der Waals surface area contributed by atoms with Gasteiger partial charge in [-0.3, -0.25) is 4.79 Å². The van der Waals surface area contributed by atoms with Crippen molar-refractivity contribution in [3.63, 3.8) is 0 Å². The van der Waals surface area contributed by atoms with Crippen molar-refractivity contribution in [1.82, 2.24) is 0 Å². The van der Waals surface area contributed by atoms with E-state index in [1.54, 1.807) is 0 Å². The number of hydrogen-bond acceptors (Lipinski definition) is 3. The number of carbonyl (C=O) groups excluding carboxylic acids is 1. The molecule has 0 aliphatic rings. The Morgan fingerprint density at radius 1 is 1.00 bits per heavy atom. The summed E-state index contributed by atoms with van der Waals surface area (Å²) in [5.74, 6) is 0.526. The second-order valence-electron chi connectivity index (χ2n) is 5.51. The molecule has 0 aliphatic carbocycles. The average molecular weight is 312 g/mol. The minimum atomic E-state index is -0.169. The summed E-state index contributed by atoms with van der Waals surface area (Å²) < 4.78 is 5.46. The van der Waals surface area contributed by atoms with Gasteiger partial charge in [-0.15, -0.1) is 0 Å². The van der Waals surface area contributed by atoms with E-state index in [0.717, 1.165) is 29.9 Å². The maximum absolute atomic E-state index is 11.9. The van der Waals surface area contributed by atoms with Crippen molar-refractivity contribution in [3.8, 4) is 5.75 Å². The van der Waals surface area contributed by atoms with Gasteiger partial charge >= 0.3 is 0 Å².